The molecule has 1 amide bonds. The average Bonchev–Trinajstić information content (AvgIpc) is 2.75. The smallest absolute Gasteiger partial charge is 0.233 e. The molecule has 0 spiro atoms. The van der Waals surface area contributed by atoms with E-state index >= 15 is 0 Å². The van der Waals surface area contributed by atoms with Crippen molar-refractivity contribution in [2.24, 2.45) is 0 Å². The molecule has 2 aromatic carbocycles. The Balaban J connectivity index is 1.89. The van der Waals surface area contributed by atoms with Crippen molar-refractivity contribution in [3.05, 3.63) is 71.3 Å². The van der Waals surface area contributed by atoms with E-state index in [-0.39, 0.29) is 36.9 Å². The number of hydrogen-bond acceptors (Lipinski definition) is 3. The van der Waals surface area contributed by atoms with Crippen molar-refractivity contribution in [2.45, 2.75) is 31.7 Å². The highest BCUT2D eigenvalue weighted by molar-refractivity contribution is 7.89. The first-order valence-corrected chi connectivity index (χ1v) is 11.5. The molecule has 0 aliphatic carbocycles. The van der Waals surface area contributed by atoms with E-state index in [9.17, 15) is 22.0 Å². The van der Waals surface area contributed by atoms with Crippen LogP contribution in [-0.4, -0.2) is 49.4 Å². The normalized spacial score (nSPS) is 16.9. The van der Waals surface area contributed by atoms with Crippen LogP contribution in [0.25, 0.3) is 0 Å². The summed E-state index contributed by atoms with van der Waals surface area (Å²) in [6.07, 6.45) is 0.677. The number of hydrogen-bond donors (Lipinski definition) is 0. The molecule has 0 aromatic heterocycles. The van der Waals surface area contributed by atoms with Crippen molar-refractivity contribution >= 4 is 15.9 Å². The molecule has 0 N–H and O–H groups in total. The van der Waals surface area contributed by atoms with Gasteiger partial charge in [-0.25, -0.2) is 21.5 Å². The van der Waals surface area contributed by atoms with Gasteiger partial charge in [0.25, 0.3) is 0 Å². The Morgan fingerprint density at radius 2 is 1.73 bits per heavy atom. The summed E-state index contributed by atoms with van der Waals surface area (Å²) >= 11 is 0. The van der Waals surface area contributed by atoms with Gasteiger partial charge in [-0.3, -0.25) is 4.79 Å². The standard InChI is InChI=1S/C22H26F2N2O3S/c1-3-30(28,29)26-13-11-22(12-14-26,18-7-5-4-6-8-18)21(27)25(2)16-17-9-10-19(23)15-20(17)24/h4-10,15H,3,11-14,16H2,1-2H3. The highest BCUT2D eigenvalue weighted by Crippen LogP contribution is 2.38. The predicted molar refractivity (Wildman–Crippen MR) is 111 cm³/mol. The number of rotatable bonds is 6. The molecule has 1 fully saturated rings. The molecule has 1 aliphatic rings. The van der Waals surface area contributed by atoms with Crippen LogP contribution in [0.5, 0.6) is 0 Å². The molecule has 1 saturated heterocycles. The van der Waals surface area contributed by atoms with Crippen molar-refractivity contribution in [1.82, 2.24) is 9.21 Å². The van der Waals surface area contributed by atoms with Gasteiger partial charge < -0.3 is 4.90 Å². The molecule has 0 bridgehead atoms. The Morgan fingerprint density at radius 1 is 1.10 bits per heavy atom. The Morgan fingerprint density at radius 3 is 2.30 bits per heavy atom. The first-order chi connectivity index (χ1) is 14.2. The van der Waals surface area contributed by atoms with Crippen LogP contribution in [0, 0.1) is 11.6 Å². The number of piperidine rings is 1. The molecule has 0 saturated carbocycles. The SMILES string of the molecule is CCS(=O)(=O)N1CCC(C(=O)N(C)Cc2ccc(F)cc2F)(c2ccccc2)CC1. The van der Waals surface area contributed by atoms with E-state index < -0.39 is 27.1 Å². The summed E-state index contributed by atoms with van der Waals surface area (Å²) in [6, 6.07) is 12.6. The van der Waals surface area contributed by atoms with E-state index in [1.54, 1.807) is 14.0 Å². The van der Waals surface area contributed by atoms with Crippen LogP contribution in [0.15, 0.2) is 48.5 Å². The Hall–Kier alpha value is -2.32. The summed E-state index contributed by atoms with van der Waals surface area (Å²) in [5, 5.41) is 0. The summed E-state index contributed by atoms with van der Waals surface area (Å²) in [5.74, 6) is -1.56. The molecular weight excluding hydrogens is 410 g/mol. The zero-order chi connectivity index (χ0) is 21.9. The summed E-state index contributed by atoms with van der Waals surface area (Å²) in [4.78, 5) is 15.0. The fraction of sp³-hybridized carbons (Fsp3) is 0.409. The topological polar surface area (TPSA) is 57.7 Å². The van der Waals surface area contributed by atoms with E-state index in [0.29, 0.717) is 12.8 Å². The lowest BCUT2D eigenvalue weighted by Gasteiger charge is -2.42. The fourth-order valence-corrected chi connectivity index (χ4v) is 5.16. The number of sulfonamides is 1. The zero-order valence-electron chi connectivity index (χ0n) is 17.1. The van der Waals surface area contributed by atoms with Gasteiger partial charge >= 0.3 is 0 Å². The molecule has 8 heteroatoms. The maximum atomic E-state index is 14.1. The third-order valence-corrected chi connectivity index (χ3v) is 7.72. The zero-order valence-corrected chi connectivity index (χ0v) is 18.0. The lowest BCUT2D eigenvalue weighted by Crippen LogP contribution is -2.53. The summed E-state index contributed by atoms with van der Waals surface area (Å²) < 4.78 is 53.3. The van der Waals surface area contributed by atoms with Gasteiger partial charge in [-0.1, -0.05) is 36.4 Å². The van der Waals surface area contributed by atoms with Crippen molar-refractivity contribution in [3.8, 4) is 0 Å². The van der Waals surface area contributed by atoms with Crippen molar-refractivity contribution < 1.29 is 22.0 Å². The molecule has 162 valence electrons. The first kappa shape index (κ1) is 22.4. The van der Waals surface area contributed by atoms with Crippen molar-refractivity contribution in [2.75, 3.05) is 25.9 Å². The third-order valence-electron chi connectivity index (χ3n) is 5.84. The second kappa shape index (κ2) is 8.81. The van der Waals surface area contributed by atoms with Gasteiger partial charge in [0.05, 0.1) is 11.2 Å². The highest BCUT2D eigenvalue weighted by atomic mass is 32.2. The number of benzene rings is 2. The van der Waals surface area contributed by atoms with Crippen LogP contribution >= 0.6 is 0 Å². The predicted octanol–water partition coefficient (Wildman–Crippen LogP) is 3.31. The van der Waals surface area contributed by atoms with Gasteiger partial charge in [-0.2, -0.15) is 0 Å². The van der Waals surface area contributed by atoms with Crippen LogP contribution in [-0.2, 0) is 26.8 Å². The molecule has 3 rings (SSSR count). The van der Waals surface area contributed by atoms with Gasteiger partial charge in [-0.05, 0) is 31.4 Å². The van der Waals surface area contributed by atoms with E-state index in [1.165, 1.54) is 15.3 Å². The summed E-state index contributed by atoms with van der Waals surface area (Å²) in [7, 11) is -1.75. The molecule has 1 aliphatic heterocycles. The van der Waals surface area contributed by atoms with Crippen molar-refractivity contribution in [1.29, 1.82) is 0 Å². The minimum absolute atomic E-state index is 0.00347. The number of likely N-dealkylation sites (N-methyl/N-ethyl adjacent to an activating group) is 1. The first-order valence-electron chi connectivity index (χ1n) is 9.92. The molecule has 0 atom stereocenters. The van der Waals surface area contributed by atoms with E-state index in [2.05, 4.69) is 0 Å². The lowest BCUT2D eigenvalue weighted by molar-refractivity contribution is -0.138. The molecule has 0 radical (unpaired) electrons. The second-order valence-corrected chi connectivity index (χ2v) is 9.90. The summed E-state index contributed by atoms with van der Waals surface area (Å²) in [5.41, 5.74) is 0.142. The number of carbonyl (C=O) groups excluding carboxylic acids is 1. The lowest BCUT2D eigenvalue weighted by atomic mass is 9.72. The van der Waals surface area contributed by atoms with Crippen LogP contribution in [0.3, 0.4) is 0 Å². The second-order valence-electron chi connectivity index (χ2n) is 7.64. The average molecular weight is 437 g/mol. The number of amides is 1. The Bertz CT molecular complexity index is 1000. The maximum Gasteiger partial charge on any atom is 0.233 e. The number of carbonyl (C=O) groups is 1. The molecule has 1 heterocycles. The Kier molecular flexibility index (Phi) is 6.57. The number of nitrogens with zero attached hydrogens (tertiary/aromatic N) is 2. The van der Waals surface area contributed by atoms with Gasteiger partial charge in [0, 0.05) is 38.3 Å². The highest BCUT2D eigenvalue weighted by Gasteiger charge is 2.46. The Labute approximate surface area is 176 Å². The fourth-order valence-electron chi connectivity index (χ4n) is 4.05. The van der Waals surface area contributed by atoms with Gasteiger partial charge in [0.2, 0.25) is 15.9 Å². The molecule has 5 nitrogen and oxygen atoms in total. The van der Waals surface area contributed by atoms with Crippen molar-refractivity contribution in [3.63, 3.8) is 0 Å². The van der Waals surface area contributed by atoms with Gasteiger partial charge in [0.1, 0.15) is 11.6 Å². The third kappa shape index (κ3) is 4.39. The molecule has 30 heavy (non-hydrogen) atoms. The molecule has 0 unspecified atom stereocenters. The van der Waals surface area contributed by atoms with Crippen LogP contribution in [0.2, 0.25) is 0 Å². The van der Waals surface area contributed by atoms with Crippen LogP contribution < -0.4 is 0 Å². The minimum atomic E-state index is -3.33. The van der Waals surface area contributed by atoms with E-state index in [4.69, 9.17) is 0 Å². The summed E-state index contributed by atoms with van der Waals surface area (Å²) in [6.45, 7) is 2.09. The molecular formula is C22H26F2N2O3S. The van der Waals surface area contributed by atoms with Crippen LogP contribution in [0.1, 0.15) is 30.9 Å². The number of halogens is 2. The largest absolute Gasteiger partial charge is 0.341 e. The maximum absolute atomic E-state index is 14.1. The quantitative estimate of drug-likeness (QED) is 0.698. The molecule has 2 aromatic rings. The van der Waals surface area contributed by atoms with E-state index in [0.717, 1.165) is 17.7 Å². The minimum Gasteiger partial charge on any atom is -0.341 e. The van der Waals surface area contributed by atoms with Crippen LogP contribution in [0.4, 0.5) is 8.78 Å². The van der Waals surface area contributed by atoms with Gasteiger partial charge in [0.15, 0.2) is 0 Å². The monoisotopic (exact) mass is 436 g/mol. The van der Waals surface area contributed by atoms with E-state index in [1.807, 2.05) is 30.3 Å². The van der Waals surface area contributed by atoms with Gasteiger partial charge in [-0.15, -0.1) is 0 Å².